The van der Waals surface area contributed by atoms with Crippen molar-refractivity contribution in [3.8, 4) is 10.6 Å². The molecule has 15 heavy (non-hydrogen) atoms. The topological polar surface area (TPSA) is 12.9 Å². The van der Waals surface area contributed by atoms with E-state index in [4.69, 9.17) is 11.6 Å². The van der Waals surface area contributed by atoms with Crippen molar-refractivity contribution in [2.45, 2.75) is 11.1 Å². The molecule has 0 aliphatic heterocycles. The molecular formula is C10H7ClFNS2. The van der Waals surface area contributed by atoms with Crippen LogP contribution in [0.15, 0.2) is 22.4 Å². The molecule has 0 aliphatic carbocycles. The van der Waals surface area contributed by atoms with Gasteiger partial charge in [0.05, 0.1) is 9.90 Å². The average molecular weight is 260 g/mol. The predicted molar refractivity (Wildman–Crippen MR) is 64.5 cm³/mol. The lowest BCUT2D eigenvalue weighted by molar-refractivity contribution is 0.631. The second-order valence-electron chi connectivity index (χ2n) is 3.03. The molecule has 0 radical (unpaired) electrons. The van der Waals surface area contributed by atoms with Crippen LogP contribution >= 0.6 is 35.6 Å². The minimum atomic E-state index is -0.318. The first kappa shape index (κ1) is 10.9. The Labute approximate surface area is 101 Å². The van der Waals surface area contributed by atoms with E-state index in [1.54, 1.807) is 6.07 Å². The van der Waals surface area contributed by atoms with Gasteiger partial charge in [-0.1, -0.05) is 11.6 Å². The van der Waals surface area contributed by atoms with Crippen LogP contribution in [0.2, 0.25) is 5.02 Å². The zero-order chi connectivity index (χ0) is 11.0. The van der Waals surface area contributed by atoms with E-state index in [0.29, 0.717) is 15.6 Å². The number of hydrogen-bond donors (Lipinski definition) is 1. The average Bonchev–Trinajstić information content (AvgIpc) is 2.51. The first-order valence-corrected chi connectivity index (χ1v) is 5.84. The molecule has 0 atom stereocenters. The van der Waals surface area contributed by atoms with E-state index in [-0.39, 0.29) is 5.82 Å². The Balaban J connectivity index is 2.58. The minimum absolute atomic E-state index is 0.318. The van der Waals surface area contributed by atoms with E-state index in [1.165, 1.54) is 23.5 Å². The number of benzene rings is 1. The van der Waals surface area contributed by atoms with Crippen molar-refractivity contribution in [2.75, 3.05) is 0 Å². The summed E-state index contributed by atoms with van der Waals surface area (Å²) in [6.07, 6.45) is 0. The van der Waals surface area contributed by atoms with Crippen LogP contribution in [-0.4, -0.2) is 4.98 Å². The lowest BCUT2D eigenvalue weighted by Gasteiger charge is -1.98. The second-order valence-corrected chi connectivity index (χ2v) is 5.22. The zero-order valence-corrected chi connectivity index (χ0v) is 10.3. The number of halogens is 2. The van der Waals surface area contributed by atoms with Gasteiger partial charge in [-0.25, -0.2) is 9.37 Å². The lowest BCUT2D eigenvalue weighted by atomic mass is 10.2. The van der Waals surface area contributed by atoms with Crippen LogP contribution in [0, 0.1) is 12.7 Å². The normalized spacial score (nSPS) is 10.7. The van der Waals surface area contributed by atoms with Crippen molar-refractivity contribution < 1.29 is 4.39 Å². The summed E-state index contributed by atoms with van der Waals surface area (Å²) in [7, 11) is 0. The van der Waals surface area contributed by atoms with Gasteiger partial charge in [0.2, 0.25) is 0 Å². The fraction of sp³-hybridized carbons (Fsp3) is 0.100. The highest BCUT2D eigenvalue weighted by atomic mass is 35.5. The summed E-state index contributed by atoms with van der Waals surface area (Å²) in [6, 6.07) is 4.43. The Bertz CT molecular complexity index is 491. The maximum Gasteiger partial charge on any atom is 0.133 e. The van der Waals surface area contributed by atoms with Gasteiger partial charge >= 0.3 is 0 Å². The van der Waals surface area contributed by atoms with E-state index >= 15 is 0 Å². The lowest BCUT2D eigenvalue weighted by Crippen LogP contribution is -1.83. The molecule has 2 aromatic rings. The standard InChI is InChI=1S/C10H7ClFNS2/c1-5-10(14)15-9(13-5)7-4-6(11)2-3-8(7)12/h2-4,14H,1H3. The first-order chi connectivity index (χ1) is 7.08. The number of aromatic nitrogens is 1. The van der Waals surface area contributed by atoms with Crippen LogP contribution in [0.3, 0.4) is 0 Å². The summed E-state index contributed by atoms with van der Waals surface area (Å²) in [6.45, 7) is 1.84. The second kappa shape index (κ2) is 4.12. The number of aryl methyl sites for hydroxylation is 1. The minimum Gasteiger partial charge on any atom is -0.240 e. The molecule has 2 rings (SSSR count). The number of nitrogens with zero attached hydrogens (tertiary/aromatic N) is 1. The number of rotatable bonds is 1. The van der Waals surface area contributed by atoms with Crippen LogP contribution in [0.5, 0.6) is 0 Å². The molecular weight excluding hydrogens is 253 g/mol. The molecule has 0 bridgehead atoms. The summed E-state index contributed by atoms with van der Waals surface area (Å²) in [5.41, 5.74) is 1.23. The third-order valence-corrected chi connectivity index (χ3v) is 3.76. The van der Waals surface area contributed by atoms with Crippen molar-refractivity contribution in [1.82, 2.24) is 4.98 Å². The molecule has 1 aromatic carbocycles. The van der Waals surface area contributed by atoms with Crippen LogP contribution in [-0.2, 0) is 0 Å². The van der Waals surface area contributed by atoms with E-state index in [9.17, 15) is 4.39 Å². The molecule has 0 spiro atoms. The number of thiol groups is 1. The summed E-state index contributed by atoms with van der Waals surface area (Å²) in [4.78, 5) is 4.23. The Morgan fingerprint density at radius 1 is 1.47 bits per heavy atom. The van der Waals surface area contributed by atoms with Crippen LogP contribution < -0.4 is 0 Å². The summed E-state index contributed by atoms with van der Waals surface area (Å²) in [5, 5.41) is 1.11. The molecule has 1 nitrogen and oxygen atoms in total. The maximum atomic E-state index is 13.5. The van der Waals surface area contributed by atoms with Crippen LogP contribution in [0.1, 0.15) is 5.69 Å². The molecule has 1 aromatic heterocycles. The highest BCUT2D eigenvalue weighted by molar-refractivity contribution is 7.83. The van der Waals surface area contributed by atoms with Crippen molar-refractivity contribution in [3.05, 3.63) is 34.7 Å². The van der Waals surface area contributed by atoms with E-state index in [1.807, 2.05) is 6.92 Å². The Kier molecular flexibility index (Phi) is 3.00. The molecule has 0 saturated heterocycles. The van der Waals surface area contributed by atoms with Crippen LogP contribution in [0.4, 0.5) is 4.39 Å². The quantitative estimate of drug-likeness (QED) is 0.758. The van der Waals surface area contributed by atoms with E-state index < -0.39 is 0 Å². The molecule has 0 N–H and O–H groups in total. The van der Waals surface area contributed by atoms with Gasteiger partial charge in [0.1, 0.15) is 10.8 Å². The summed E-state index contributed by atoms with van der Waals surface area (Å²) < 4.78 is 14.3. The monoisotopic (exact) mass is 259 g/mol. The van der Waals surface area contributed by atoms with Crippen molar-refractivity contribution in [2.24, 2.45) is 0 Å². The zero-order valence-electron chi connectivity index (χ0n) is 7.79. The molecule has 0 saturated carbocycles. The Morgan fingerprint density at radius 3 is 2.80 bits per heavy atom. The van der Waals surface area contributed by atoms with Gasteiger partial charge < -0.3 is 0 Å². The molecule has 0 fully saturated rings. The smallest absolute Gasteiger partial charge is 0.133 e. The van der Waals surface area contributed by atoms with Crippen molar-refractivity contribution in [3.63, 3.8) is 0 Å². The highest BCUT2D eigenvalue weighted by Gasteiger charge is 2.11. The van der Waals surface area contributed by atoms with Crippen molar-refractivity contribution >= 4 is 35.6 Å². The molecule has 1 heterocycles. The van der Waals surface area contributed by atoms with Gasteiger partial charge in [-0.15, -0.1) is 24.0 Å². The molecule has 0 aliphatic rings. The predicted octanol–water partition coefficient (Wildman–Crippen LogP) is 4.20. The molecule has 78 valence electrons. The van der Waals surface area contributed by atoms with Gasteiger partial charge in [0.15, 0.2) is 0 Å². The van der Waals surface area contributed by atoms with Gasteiger partial charge in [0, 0.05) is 10.6 Å². The van der Waals surface area contributed by atoms with Crippen LogP contribution in [0.25, 0.3) is 10.6 Å². The van der Waals surface area contributed by atoms with Crippen molar-refractivity contribution in [1.29, 1.82) is 0 Å². The Hall–Kier alpha value is -0.580. The number of thiazole rings is 1. The molecule has 5 heteroatoms. The van der Waals surface area contributed by atoms with Gasteiger partial charge in [-0.2, -0.15) is 0 Å². The third-order valence-electron chi connectivity index (χ3n) is 1.93. The van der Waals surface area contributed by atoms with Gasteiger partial charge in [-0.05, 0) is 25.1 Å². The third kappa shape index (κ3) is 2.17. The first-order valence-electron chi connectivity index (χ1n) is 4.20. The van der Waals surface area contributed by atoms with E-state index in [2.05, 4.69) is 17.6 Å². The van der Waals surface area contributed by atoms with Gasteiger partial charge in [0.25, 0.3) is 0 Å². The SMILES string of the molecule is Cc1nc(-c2cc(Cl)ccc2F)sc1S. The van der Waals surface area contributed by atoms with E-state index in [0.717, 1.165) is 9.90 Å². The fourth-order valence-corrected chi connectivity index (χ4v) is 2.47. The molecule has 0 amide bonds. The largest absolute Gasteiger partial charge is 0.240 e. The fourth-order valence-electron chi connectivity index (χ4n) is 1.16. The number of hydrogen-bond acceptors (Lipinski definition) is 3. The summed E-state index contributed by atoms with van der Waals surface area (Å²) >= 11 is 11.4. The highest BCUT2D eigenvalue weighted by Crippen LogP contribution is 2.32. The Morgan fingerprint density at radius 2 is 2.20 bits per heavy atom. The molecule has 0 unspecified atom stereocenters. The maximum absolute atomic E-state index is 13.5. The summed E-state index contributed by atoms with van der Waals surface area (Å²) in [5.74, 6) is -0.318. The van der Waals surface area contributed by atoms with Gasteiger partial charge in [-0.3, -0.25) is 0 Å².